The van der Waals surface area contributed by atoms with Crippen molar-refractivity contribution < 1.29 is 19.0 Å². The maximum atomic E-state index is 12.5. The van der Waals surface area contributed by atoms with Crippen LogP contribution in [0, 0.1) is 0 Å². The van der Waals surface area contributed by atoms with E-state index in [4.69, 9.17) is 14.2 Å². The number of rotatable bonds is 7. The van der Waals surface area contributed by atoms with E-state index in [1.807, 2.05) is 0 Å². The molecule has 156 valence electrons. The van der Waals surface area contributed by atoms with Crippen LogP contribution in [-0.4, -0.2) is 41.7 Å². The number of aromatic amines is 1. The molecule has 0 aliphatic heterocycles. The summed E-state index contributed by atoms with van der Waals surface area (Å²) >= 11 is 0. The van der Waals surface area contributed by atoms with Crippen LogP contribution in [0.25, 0.3) is 10.9 Å². The molecule has 0 amide bonds. The molecule has 3 rings (SSSR count). The third kappa shape index (κ3) is 4.75. The first kappa shape index (κ1) is 20.8. The quantitative estimate of drug-likeness (QED) is 0.470. The molecule has 1 N–H and O–H groups in total. The number of hydrogen-bond acceptors (Lipinski definition) is 7. The Labute approximate surface area is 171 Å². The average molecular weight is 411 g/mol. The largest absolute Gasteiger partial charge is 0.493 e. The number of esters is 1. The van der Waals surface area contributed by atoms with E-state index in [9.17, 15) is 14.4 Å². The molecule has 0 saturated heterocycles. The molecule has 1 aromatic heterocycles. The molecule has 0 aliphatic carbocycles. The topological polar surface area (TPSA) is 112 Å². The first-order valence-corrected chi connectivity index (χ1v) is 9.18. The molecule has 0 saturated carbocycles. The summed E-state index contributed by atoms with van der Waals surface area (Å²) in [6, 6.07) is 11.5. The maximum Gasteiger partial charge on any atom is 0.349 e. The molecule has 0 spiro atoms. The number of fused-ring (bicyclic) bond motifs is 1. The Hall–Kier alpha value is -3.88. The van der Waals surface area contributed by atoms with Crippen molar-refractivity contribution >= 4 is 23.1 Å². The van der Waals surface area contributed by atoms with Crippen molar-refractivity contribution in [3.63, 3.8) is 0 Å². The highest BCUT2D eigenvalue weighted by atomic mass is 16.6. The van der Waals surface area contributed by atoms with E-state index in [0.717, 1.165) is 4.68 Å². The lowest BCUT2D eigenvalue weighted by atomic mass is 10.2. The van der Waals surface area contributed by atoms with Crippen molar-refractivity contribution in [1.82, 2.24) is 9.66 Å². The summed E-state index contributed by atoms with van der Waals surface area (Å²) in [5.74, 6) is 0.208. The highest BCUT2D eigenvalue weighted by Gasteiger charge is 2.11. The van der Waals surface area contributed by atoms with Gasteiger partial charge in [0.25, 0.3) is 5.56 Å². The molecule has 1 heterocycles. The molecular weight excluding hydrogens is 390 g/mol. The summed E-state index contributed by atoms with van der Waals surface area (Å²) in [4.78, 5) is 38.9. The lowest BCUT2D eigenvalue weighted by molar-refractivity contribution is -0.149. The Balaban J connectivity index is 1.83. The SMILES string of the molecule is COc1cc(C=Nn2c(=O)[nH]c3ccccc3c2=O)ccc1OCC(=O)OC(C)C. The Morgan fingerprint density at radius 2 is 1.93 bits per heavy atom. The van der Waals surface area contributed by atoms with E-state index < -0.39 is 17.2 Å². The van der Waals surface area contributed by atoms with E-state index in [2.05, 4.69) is 10.1 Å². The summed E-state index contributed by atoms with van der Waals surface area (Å²) in [7, 11) is 1.45. The van der Waals surface area contributed by atoms with Crippen LogP contribution >= 0.6 is 0 Å². The van der Waals surface area contributed by atoms with Crippen LogP contribution in [-0.2, 0) is 9.53 Å². The zero-order chi connectivity index (χ0) is 21.7. The van der Waals surface area contributed by atoms with Crippen LogP contribution in [0.5, 0.6) is 11.5 Å². The number of benzene rings is 2. The number of methoxy groups -OCH3 is 1. The number of hydrogen-bond donors (Lipinski definition) is 1. The van der Waals surface area contributed by atoms with E-state index in [0.29, 0.717) is 28.0 Å². The minimum Gasteiger partial charge on any atom is -0.493 e. The zero-order valence-electron chi connectivity index (χ0n) is 16.7. The molecule has 0 fully saturated rings. The van der Waals surface area contributed by atoms with Gasteiger partial charge in [0.2, 0.25) is 0 Å². The van der Waals surface area contributed by atoms with Gasteiger partial charge in [-0.3, -0.25) is 4.79 Å². The molecule has 30 heavy (non-hydrogen) atoms. The van der Waals surface area contributed by atoms with Crippen LogP contribution in [0.3, 0.4) is 0 Å². The molecule has 9 nitrogen and oxygen atoms in total. The number of H-pyrrole nitrogens is 1. The summed E-state index contributed by atoms with van der Waals surface area (Å²) in [6.45, 7) is 3.24. The fourth-order valence-electron chi connectivity index (χ4n) is 2.70. The van der Waals surface area contributed by atoms with Crippen LogP contribution in [0.15, 0.2) is 57.2 Å². The predicted molar refractivity (Wildman–Crippen MR) is 112 cm³/mol. The van der Waals surface area contributed by atoms with Crippen LogP contribution in [0.2, 0.25) is 0 Å². The normalized spacial score (nSPS) is 11.2. The standard InChI is InChI=1S/C21H21N3O6/c1-13(2)30-19(25)12-29-17-9-8-14(10-18(17)28-3)11-22-24-20(26)15-6-4-5-7-16(15)23-21(24)27/h4-11,13H,12H2,1-3H3,(H,23,27). The lowest BCUT2D eigenvalue weighted by Gasteiger charge is -2.12. The number of para-hydroxylation sites is 1. The van der Waals surface area contributed by atoms with E-state index in [1.165, 1.54) is 13.3 Å². The molecule has 0 unspecified atom stereocenters. The number of ether oxygens (including phenoxy) is 3. The van der Waals surface area contributed by atoms with Gasteiger partial charge in [-0.1, -0.05) is 12.1 Å². The highest BCUT2D eigenvalue weighted by Crippen LogP contribution is 2.27. The fourth-order valence-corrected chi connectivity index (χ4v) is 2.70. The smallest absolute Gasteiger partial charge is 0.349 e. The zero-order valence-corrected chi connectivity index (χ0v) is 16.7. The minimum atomic E-state index is -0.648. The third-order valence-corrected chi connectivity index (χ3v) is 4.01. The van der Waals surface area contributed by atoms with Gasteiger partial charge in [-0.25, -0.2) is 9.59 Å². The first-order chi connectivity index (χ1) is 14.4. The molecule has 3 aromatic rings. The molecule has 0 radical (unpaired) electrons. The second-order valence-electron chi connectivity index (χ2n) is 6.57. The van der Waals surface area contributed by atoms with Crippen molar-refractivity contribution in [1.29, 1.82) is 0 Å². The van der Waals surface area contributed by atoms with Gasteiger partial charge in [0.15, 0.2) is 18.1 Å². The summed E-state index contributed by atoms with van der Waals surface area (Å²) in [5, 5.41) is 4.35. The monoisotopic (exact) mass is 411 g/mol. The minimum absolute atomic E-state index is 0.233. The van der Waals surface area contributed by atoms with Gasteiger partial charge in [-0.05, 0) is 49.7 Å². The average Bonchev–Trinajstić information content (AvgIpc) is 2.72. The van der Waals surface area contributed by atoms with Crippen LogP contribution in [0.4, 0.5) is 0 Å². The first-order valence-electron chi connectivity index (χ1n) is 9.18. The van der Waals surface area contributed by atoms with Gasteiger partial charge in [0, 0.05) is 0 Å². The van der Waals surface area contributed by atoms with Crippen molar-refractivity contribution in [2.24, 2.45) is 5.10 Å². The Kier molecular flexibility index (Phi) is 6.31. The summed E-state index contributed by atoms with van der Waals surface area (Å²) in [6.07, 6.45) is 1.12. The van der Waals surface area contributed by atoms with Crippen molar-refractivity contribution in [2.45, 2.75) is 20.0 Å². The Bertz CT molecular complexity index is 1210. The second kappa shape index (κ2) is 9.08. The van der Waals surface area contributed by atoms with Gasteiger partial charge in [0.05, 0.1) is 30.3 Å². The van der Waals surface area contributed by atoms with Crippen LogP contribution in [0.1, 0.15) is 19.4 Å². The fraction of sp³-hybridized carbons (Fsp3) is 0.238. The number of aromatic nitrogens is 2. The second-order valence-corrected chi connectivity index (χ2v) is 6.57. The highest BCUT2D eigenvalue weighted by molar-refractivity contribution is 5.81. The van der Waals surface area contributed by atoms with Crippen LogP contribution < -0.4 is 20.7 Å². The molecule has 0 bridgehead atoms. The van der Waals surface area contributed by atoms with Gasteiger partial charge in [-0.15, -0.1) is 4.68 Å². The summed E-state index contributed by atoms with van der Waals surface area (Å²) < 4.78 is 16.5. The van der Waals surface area contributed by atoms with E-state index >= 15 is 0 Å². The van der Waals surface area contributed by atoms with Gasteiger partial charge in [-0.2, -0.15) is 5.10 Å². The van der Waals surface area contributed by atoms with E-state index in [1.54, 1.807) is 56.3 Å². The number of nitrogens with zero attached hydrogens (tertiary/aromatic N) is 2. The van der Waals surface area contributed by atoms with Gasteiger partial charge >= 0.3 is 11.7 Å². The third-order valence-electron chi connectivity index (χ3n) is 4.01. The summed E-state index contributed by atoms with van der Waals surface area (Å²) in [5.41, 5.74) is -0.173. The molecule has 2 aromatic carbocycles. The Morgan fingerprint density at radius 3 is 2.67 bits per heavy atom. The number of nitrogens with one attached hydrogen (secondary N) is 1. The van der Waals surface area contributed by atoms with Crippen molar-refractivity contribution in [3.8, 4) is 11.5 Å². The molecule has 0 atom stereocenters. The van der Waals surface area contributed by atoms with Crippen molar-refractivity contribution in [3.05, 3.63) is 68.9 Å². The van der Waals surface area contributed by atoms with Gasteiger partial charge < -0.3 is 19.2 Å². The van der Waals surface area contributed by atoms with Crippen molar-refractivity contribution in [2.75, 3.05) is 13.7 Å². The molecule has 0 aliphatic rings. The molecule has 9 heteroatoms. The lowest BCUT2D eigenvalue weighted by Crippen LogP contribution is -2.32. The van der Waals surface area contributed by atoms with Gasteiger partial charge in [0.1, 0.15) is 0 Å². The molecular formula is C21H21N3O6. The maximum absolute atomic E-state index is 12.5. The number of carbonyl (C=O) groups is 1. The Morgan fingerprint density at radius 1 is 1.17 bits per heavy atom. The predicted octanol–water partition coefficient (Wildman–Crippen LogP) is 1.91. The number of carbonyl (C=O) groups excluding carboxylic acids is 1. The van der Waals surface area contributed by atoms with E-state index in [-0.39, 0.29) is 12.7 Å².